The summed E-state index contributed by atoms with van der Waals surface area (Å²) in [6.45, 7) is 11.9. The standard InChI is InChI=1S/C21H22ClNO2.C8H14O.C7H7Cl/c1-4-5-18-19-12-16(22)8-11-20(19)23-21(18)13(2)15-6-9-17(10-7-15)25-14(3)24;1-3-6(2)8(9)7-4-5-7;1-6-2-4-7(8)5-3-6/h6-13,23H,4-5H2,1-3H3;6-7H,3-5H2,1-2H3;2-5H,1H3. The fourth-order valence-electron chi connectivity index (χ4n) is 4.79. The third-order valence-electron chi connectivity index (χ3n) is 7.56. The van der Waals surface area contributed by atoms with Crippen LogP contribution in [-0.2, 0) is 16.0 Å². The number of esters is 1. The van der Waals surface area contributed by atoms with Crippen LogP contribution < -0.4 is 4.74 Å². The van der Waals surface area contributed by atoms with Crippen molar-refractivity contribution in [2.75, 3.05) is 0 Å². The van der Waals surface area contributed by atoms with Crippen LogP contribution in [0.15, 0.2) is 66.7 Å². The van der Waals surface area contributed by atoms with Gasteiger partial charge in [0.15, 0.2) is 0 Å². The number of rotatable bonds is 8. The summed E-state index contributed by atoms with van der Waals surface area (Å²) < 4.78 is 5.12. The predicted octanol–water partition coefficient (Wildman–Crippen LogP) is 10.5. The number of Topliss-reactive ketones (excluding diaryl/α,β-unsaturated/α-hetero) is 1. The second kappa shape index (κ2) is 16.0. The molecule has 0 bridgehead atoms. The minimum Gasteiger partial charge on any atom is -0.427 e. The molecular formula is C36H43Cl2NO3. The average molecular weight is 609 g/mol. The minimum atomic E-state index is -0.307. The van der Waals surface area contributed by atoms with Crippen molar-refractivity contribution in [2.24, 2.45) is 11.8 Å². The number of ketones is 1. The van der Waals surface area contributed by atoms with Gasteiger partial charge in [0.05, 0.1) is 0 Å². The molecule has 2 unspecified atom stereocenters. The van der Waals surface area contributed by atoms with Gasteiger partial charge in [-0.2, -0.15) is 0 Å². The summed E-state index contributed by atoms with van der Waals surface area (Å²) in [5.41, 5.74) is 6.09. The molecule has 0 aliphatic heterocycles. The number of hydrogen-bond acceptors (Lipinski definition) is 3. The normalized spacial score (nSPS) is 13.7. The van der Waals surface area contributed by atoms with Crippen LogP contribution >= 0.6 is 23.2 Å². The van der Waals surface area contributed by atoms with E-state index in [1.165, 1.54) is 34.7 Å². The molecule has 1 saturated carbocycles. The van der Waals surface area contributed by atoms with Crippen LogP contribution in [0, 0.1) is 18.8 Å². The maximum absolute atomic E-state index is 11.1. The van der Waals surface area contributed by atoms with Gasteiger partial charge in [0.1, 0.15) is 11.5 Å². The third-order valence-corrected chi connectivity index (χ3v) is 8.05. The number of H-pyrrole nitrogens is 1. The van der Waals surface area contributed by atoms with E-state index in [0.717, 1.165) is 47.7 Å². The summed E-state index contributed by atoms with van der Waals surface area (Å²) in [5, 5.41) is 2.76. The largest absolute Gasteiger partial charge is 0.427 e. The van der Waals surface area contributed by atoms with Crippen molar-refractivity contribution < 1.29 is 14.3 Å². The lowest BCUT2D eigenvalue weighted by atomic mass is 9.93. The molecule has 1 heterocycles. The van der Waals surface area contributed by atoms with Crippen LogP contribution in [0.1, 0.15) is 88.6 Å². The number of aromatic amines is 1. The highest BCUT2D eigenvalue weighted by Crippen LogP contribution is 2.35. The zero-order valence-corrected chi connectivity index (χ0v) is 27.1. The van der Waals surface area contributed by atoms with E-state index in [1.807, 2.05) is 80.6 Å². The molecule has 1 aromatic heterocycles. The molecule has 5 rings (SSSR count). The first-order valence-electron chi connectivity index (χ1n) is 14.9. The van der Waals surface area contributed by atoms with Gasteiger partial charge in [-0.3, -0.25) is 9.59 Å². The van der Waals surface area contributed by atoms with Gasteiger partial charge in [-0.15, -0.1) is 0 Å². The smallest absolute Gasteiger partial charge is 0.308 e. The number of carbonyl (C=O) groups excluding carboxylic acids is 2. The number of ether oxygens (including phenoxy) is 1. The molecule has 3 aromatic carbocycles. The summed E-state index contributed by atoms with van der Waals surface area (Å²) in [6.07, 6.45) is 5.40. The Labute approximate surface area is 260 Å². The first-order chi connectivity index (χ1) is 20.0. The Hall–Kier alpha value is -3.08. The van der Waals surface area contributed by atoms with Crippen molar-refractivity contribution >= 4 is 45.9 Å². The molecule has 6 heteroatoms. The average Bonchev–Trinajstić information content (AvgIpc) is 3.77. The van der Waals surface area contributed by atoms with Crippen LogP contribution in [0.5, 0.6) is 5.75 Å². The number of aromatic nitrogens is 1. The third kappa shape index (κ3) is 9.74. The Morgan fingerprint density at radius 1 is 0.929 bits per heavy atom. The molecule has 1 aliphatic carbocycles. The Balaban J connectivity index is 0.000000231. The number of aryl methyl sites for hydroxylation is 2. The lowest BCUT2D eigenvalue weighted by molar-refractivity contribution is -0.131. The Morgan fingerprint density at radius 3 is 2.07 bits per heavy atom. The predicted molar refractivity (Wildman–Crippen MR) is 176 cm³/mol. The van der Waals surface area contributed by atoms with Gasteiger partial charge >= 0.3 is 5.97 Å². The number of fused-ring (bicyclic) bond motifs is 1. The molecule has 42 heavy (non-hydrogen) atoms. The van der Waals surface area contributed by atoms with Crippen molar-refractivity contribution in [3.8, 4) is 5.75 Å². The molecule has 1 fully saturated rings. The summed E-state index contributed by atoms with van der Waals surface area (Å²) in [7, 11) is 0. The molecule has 4 aromatic rings. The van der Waals surface area contributed by atoms with Crippen LogP contribution in [0.4, 0.5) is 0 Å². The van der Waals surface area contributed by atoms with Crippen LogP contribution in [0.2, 0.25) is 10.0 Å². The molecule has 0 saturated heterocycles. The van der Waals surface area contributed by atoms with Crippen LogP contribution in [-0.4, -0.2) is 16.7 Å². The van der Waals surface area contributed by atoms with Gasteiger partial charge in [0.25, 0.3) is 0 Å². The van der Waals surface area contributed by atoms with E-state index in [0.29, 0.717) is 23.4 Å². The second-order valence-electron chi connectivity index (χ2n) is 11.1. The number of hydrogen-bond donors (Lipinski definition) is 1. The van der Waals surface area contributed by atoms with Crippen LogP contribution in [0.3, 0.4) is 0 Å². The van der Waals surface area contributed by atoms with Gasteiger partial charge < -0.3 is 9.72 Å². The van der Waals surface area contributed by atoms with Crippen molar-refractivity contribution in [3.05, 3.63) is 99.2 Å². The van der Waals surface area contributed by atoms with Gasteiger partial charge in [-0.05, 0) is 86.2 Å². The van der Waals surface area contributed by atoms with Crippen molar-refractivity contribution in [3.63, 3.8) is 0 Å². The highest BCUT2D eigenvalue weighted by atomic mass is 35.5. The van der Waals surface area contributed by atoms with E-state index in [-0.39, 0.29) is 11.9 Å². The van der Waals surface area contributed by atoms with E-state index in [1.54, 1.807) is 0 Å². The monoisotopic (exact) mass is 607 g/mol. The fraction of sp³-hybridized carbons (Fsp3) is 0.389. The molecule has 1 N–H and O–H groups in total. The lowest BCUT2D eigenvalue weighted by Crippen LogP contribution is -2.11. The highest BCUT2D eigenvalue weighted by Gasteiger charge is 2.31. The maximum Gasteiger partial charge on any atom is 0.308 e. The van der Waals surface area contributed by atoms with Crippen molar-refractivity contribution in [1.29, 1.82) is 0 Å². The molecule has 1 aliphatic rings. The number of carbonyl (C=O) groups is 2. The van der Waals surface area contributed by atoms with E-state index < -0.39 is 0 Å². The number of benzene rings is 3. The Morgan fingerprint density at radius 2 is 1.55 bits per heavy atom. The topological polar surface area (TPSA) is 59.2 Å². The highest BCUT2D eigenvalue weighted by molar-refractivity contribution is 6.31. The fourth-order valence-corrected chi connectivity index (χ4v) is 5.09. The zero-order valence-electron chi connectivity index (χ0n) is 25.6. The minimum absolute atomic E-state index is 0.208. The lowest BCUT2D eigenvalue weighted by Gasteiger charge is -2.14. The first kappa shape index (κ1) is 33.4. The van der Waals surface area contributed by atoms with Crippen LogP contribution in [0.25, 0.3) is 10.9 Å². The molecule has 0 amide bonds. The van der Waals surface area contributed by atoms with Gasteiger partial charge in [-0.1, -0.05) is 87.1 Å². The van der Waals surface area contributed by atoms with Crippen molar-refractivity contribution in [1.82, 2.24) is 4.98 Å². The Bertz CT molecular complexity index is 1430. The first-order valence-corrected chi connectivity index (χ1v) is 15.6. The quantitative estimate of drug-likeness (QED) is 0.160. The van der Waals surface area contributed by atoms with Gasteiger partial charge in [0.2, 0.25) is 0 Å². The van der Waals surface area contributed by atoms with E-state index in [4.69, 9.17) is 27.9 Å². The molecule has 2 atom stereocenters. The molecule has 0 spiro atoms. The molecule has 4 nitrogen and oxygen atoms in total. The molecule has 0 radical (unpaired) electrons. The summed E-state index contributed by atoms with van der Waals surface area (Å²) >= 11 is 11.8. The maximum atomic E-state index is 11.1. The number of halogens is 2. The molecule has 224 valence electrons. The van der Waals surface area contributed by atoms with E-state index >= 15 is 0 Å². The zero-order chi connectivity index (χ0) is 30.8. The van der Waals surface area contributed by atoms with Gasteiger partial charge in [0, 0.05) is 51.3 Å². The second-order valence-corrected chi connectivity index (χ2v) is 12.0. The summed E-state index contributed by atoms with van der Waals surface area (Å²) in [6, 6.07) is 21.4. The molecular weight excluding hydrogens is 565 g/mol. The number of nitrogens with one attached hydrogen (secondary N) is 1. The van der Waals surface area contributed by atoms with Crippen molar-refractivity contribution in [2.45, 2.75) is 79.6 Å². The van der Waals surface area contributed by atoms with E-state index in [9.17, 15) is 9.59 Å². The van der Waals surface area contributed by atoms with Gasteiger partial charge in [-0.25, -0.2) is 0 Å². The Kier molecular flexibility index (Phi) is 12.7. The van der Waals surface area contributed by atoms with E-state index in [2.05, 4.69) is 25.8 Å². The summed E-state index contributed by atoms with van der Waals surface area (Å²) in [4.78, 5) is 25.8. The summed E-state index contributed by atoms with van der Waals surface area (Å²) in [5.74, 6) is 1.74. The SMILES string of the molecule is CCC(C)C(=O)C1CC1.CCCc1c(C(C)c2ccc(OC(C)=O)cc2)[nH]c2ccc(Cl)cc12.Cc1ccc(Cl)cc1.